The summed E-state index contributed by atoms with van der Waals surface area (Å²) in [5, 5.41) is 6.39. The molecule has 0 bridgehead atoms. The Morgan fingerprint density at radius 3 is 2.20 bits per heavy atom. The minimum absolute atomic E-state index is 0.183. The van der Waals surface area contributed by atoms with Gasteiger partial charge < -0.3 is 10.6 Å². The number of carbonyl (C=O) groups excluding carboxylic acids is 1. The van der Waals surface area contributed by atoms with Crippen LogP contribution < -0.4 is 10.6 Å². The Kier molecular flexibility index (Phi) is 2.83. The molecule has 0 radical (unpaired) electrons. The van der Waals surface area contributed by atoms with Crippen LogP contribution in [0.4, 0.5) is 0 Å². The molecule has 0 atom stereocenters. The smallest absolute Gasteiger partial charge is 0.135 e. The summed E-state index contributed by atoms with van der Waals surface area (Å²) in [5.74, 6) is 0.462. The second-order valence-electron chi connectivity index (χ2n) is 2.72. The first-order chi connectivity index (χ1) is 4.80. The largest absolute Gasteiger partial charge is 0.315 e. The van der Waals surface area contributed by atoms with E-state index in [1.807, 2.05) is 0 Å². The first-order valence-electron chi connectivity index (χ1n) is 3.72. The van der Waals surface area contributed by atoms with Crippen molar-refractivity contribution in [1.29, 1.82) is 0 Å². The number of Topliss-reactive ketones (excluding diaryl/α,β-unsaturated/α-hetero) is 1. The summed E-state index contributed by atoms with van der Waals surface area (Å²) in [6, 6.07) is 0. The number of carbonyl (C=O) groups is 1. The minimum Gasteiger partial charge on any atom is -0.315 e. The van der Waals surface area contributed by atoms with Crippen molar-refractivity contribution in [2.24, 2.45) is 5.92 Å². The van der Waals surface area contributed by atoms with Crippen molar-refractivity contribution < 1.29 is 4.79 Å². The van der Waals surface area contributed by atoms with E-state index < -0.39 is 0 Å². The zero-order valence-electron chi connectivity index (χ0n) is 6.31. The molecule has 0 aromatic heterocycles. The third kappa shape index (κ3) is 2.08. The van der Waals surface area contributed by atoms with Crippen LogP contribution in [0.3, 0.4) is 0 Å². The lowest BCUT2D eigenvalue weighted by molar-refractivity contribution is -0.120. The Hall–Kier alpha value is -0.410. The third-order valence-corrected chi connectivity index (χ3v) is 1.83. The van der Waals surface area contributed by atoms with Gasteiger partial charge in [0.05, 0.1) is 0 Å². The number of rotatable bonds is 1. The number of hydrogen-bond donors (Lipinski definition) is 2. The fourth-order valence-electron chi connectivity index (χ4n) is 1.09. The first-order valence-corrected chi connectivity index (χ1v) is 3.72. The zero-order valence-corrected chi connectivity index (χ0v) is 6.31. The number of hydrogen-bond acceptors (Lipinski definition) is 3. The van der Waals surface area contributed by atoms with Crippen LogP contribution in [-0.4, -0.2) is 32.0 Å². The summed E-state index contributed by atoms with van der Waals surface area (Å²) in [6.45, 7) is 5.28. The number of nitrogens with one attached hydrogen (secondary N) is 2. The minimum atomic E-state index is 0.183. The highest BCUT2D eigenvalue weighted by molar-refractivity contribution is 5.78. The Morgan fingerprint density at radius 2 is 1.80 bits per heavy atom. The van der Waals surface area contributed by atoms with Crippen LogP contribution in [0, 0.1) is 5.92 Å². The maximum atomic E-state index is 10.9. The van der Waals surface area contributed by atoms with Gasteiger partial charge in [-0.2, -0.15) is 0 Å². The van der Waals surface area contributed by atoms with Crippen LogP contribution in [-0.2, 0) is 4.79 Å². The molecule has 1 aliphatic heterocycles. The Balaban J connectivity index is 2.35. The van der Waals surface area contributed by atoms with E-state index in [-0.39, 0.29) is 11.7 Å². The molecule has 1 aliphatic rings. The molecule has 1 heterocycles. The topological polar surface area (TPSA) is 41.1 Å². The molecule has 58 valence electrons. The fraction of sp³-hybridized carbons (Fsp3) is 0.857. The van der Waals surface area contributed by atoms with Gasteiger partial charge in [0.2, 0.25) is 0 Å². The van der Waals surface area contributed by atoms with E-state index in [2.05, 4.69) is 10.6 Å². The van der Waals surface area contributed by atoms with Crippen LogP contribution in [0.25, 0.3) is 0 Å². The third-order valence-electron chi connectivity index (χ3n) is 1.83. The van der Waals surface area contributed by atoms with Crippen molar-refractivity contribution in [3.05, 3.63) is 0 Å². The lowest BCUT2D eigenvalue weighted by Crippen LogP contribution is -2.29. The molecular weight excluding hydrogens is 128 g/mol. The molecule has 2 N–H and O–H groups in total. The van der Waals surface area contributed by atoms with Crippen molar-refractivity contribution in [3.63, 3.8) is 0 Å². The van der Waals surface area contributed by atoms with Crippen molar-refractivity contribution in [3.8, 4) is 0 Å². The van der Waals surface area contributed by atoms with Crippen LogP contribution >= 0.6 is 0 Å². The van der Waals surface area contributed by atoms with Gasteiger partial charge in [0, 0.05) is 32.1 Å². The van der Waals surface area contributed by atoms with Gasteiger partial charge in [0.15, 0.2) is 0 Å². The standard InChI is InChI=1S/C7H14N2O/c1-6(10)7-4-8-2-3-9-5-7/h7-9H,2-5H2,1H3. The molecule has 0 saturated carbocycles. The summed E-state index contributed by atoms with van der Waals surface area (Å²) in [4.78, 5) is 10.9. The van der Waals surface area contributed by atoms with Gasteiger partial charge in [-0.05, 0) is 6.92 Å². The monoisotopic (exact) mass is 142 g/mol. The van der Waals surface area contributed by atoms with Gasteiger partial charge in [-0.15, -0.1) is 0 Å². The average molecular weight is 142 g/mol. The first kappa shape index (κ1) is 7.69. The van der Waals surface area contributed by atoms with Crippen molar-refractivity contribution in [1.82, 2.24) is 10.6 Å². The molecule has 1 saturated heterocycles. The molecule has 3 heteroatoms. The summed E-state index contributed by atoms with van der Waals surface area (Å²) in [5.41, 5.74) is 0. The van der Waals surface area contributed by atoms with Gasteiger partial charge in [0.1, 0.15) is 5.78 Å². The summed E-state index contributed by atoms with van der Waals surface area (Å²) in [6.07, 6.45) is 0. The highest BCUT2D eigenvalue weighted by atomic mass is 16.1. The van der Waals surface area contributed by atoms with Crippen LogP contribution in [0.15, 0.2) is 0 Å². The van der Waals surface area contributed by atoms with E-state index in [1.54, 1.807) is 6.92 Å². The lowest BCUT2D eigenvalue weighted by atomic mass is 10.1. The lowest BCUT2D eigenvalue weighted by Gasteiger charge is -2.08. The molecule has 1 fully saturated rings. The van der Waals surface area contributed by atoms with Gasteiger partial charge in [-0.25, -0.2) is 0 Å². The normalized spacial score (nSPS) is 22.1. The maximum Gasteiger partial charge on any atom is 0.135 e. The Morgan fingerprint density at radius 1 is 1.30 bits per heavy atom. The predicted molar refractivity (Wildman–Crippen MR) is 39.9 cm³/mol. The van der Waals surface area contributed by atoms with Gasteiger partial charge >= 0.3 is 0 Å². The van der Waals surface area contributed by atoms with Crippen LogP contribution in [0.5, 0.6) is 0 Å². The van der Waals surface area contributed by atoms with Crippen molar-refractivity contribution >= 4 is 5.78 Å². The SMILES string of the molecule is CC(=O)C1CNCCNC1. The van der Waals surface area contributed by atoms with Gasteiger partial charge in [0.25, 0.3) is 0 Å². The Labute approximate surface area is 61.2 Å². The van der Waals surface area contributed by atoms with E-state index in [9.17, 15) is 4.79 Å². The molecule has 0 amide bonds. The molecule has 0 aromatic rings. The number of ketones is 1. The van der Waals surface area contributed by atoms with E-state index in [0.29, 0.717) is 0 Å². The highest BCUT2D eigenvalue weighted by Gasteiger charge is 2.14. The highest BCUT2D eigenvalue weighted by Crippen LogP contribution is 1.95. The van der Waals surface area contributed by atoms with E-state index in [1.165, 1.54) is 0 Å². The van der Waals surface area contributed by atoms with Gasteiger partial charge in [-0.1, -0.05) is 0 Å². The average Bonchev–Trinajstić information content (AvgIpc) is 2.12. The van der Waals surface area contributed by atoms with Crippen LogP contribution in [0.1, 0.15) is 6.92 Å². The summed E-state index contributed by atoms with van der Waals surface area (Å²) >= 11 is 0. The quantitative estimate of drug-likeness (QED) is 0.513. The Bertz CT molecular complexity index is 117. The summed E-state index contributed by atoms with van der Waals surface area (Å²) in [7, 11) is 0. The van der Waals surface area contributed by atoms with E-state index in [4.69, 9.17) is 0 Å². The predicted octanol–water partition coefficient (Wildman–Crippen LogP) is -0.616. The van der Waals surface area contributed by atoms with Gasteiger partial charge in [-0.3, -0.25) is 4.79 Å². The maximum absolute atomic E-state index is 10.9. The molecule has 0 aromatic carbocycles. The molecule has 1 rings (SSSR count). The molecule has 0 aliphatic carbocycles. The van der Waals surface area contributed by atoms with Crippen molar-refractivity contribution in [2.45, 2.75) is 6.92 Å². The zero-order chi connectivity index (χ0) is 7.40. The molecule has 0 unspecified atom stereocenters. The molecule has 0 spiro atoms. The fourth-order valence-corrected chi connectivity index (χ4v) is 1.09. The summed E-state index contributed by atoms with van der Waals surface area (Å²) < 4.78 is 0. The second-order valence-corrected chi connectivity index (χ2v) is 2.72. The van der Waals surface area contributed by atoms with E-state index >= 15 is 0 Å². The second kappa shape index (κ2) is 3.68. The van der Waals surface area contributed by atoms with Crippen LogP contribution in [0.2, 0.25) is 0 Å². The van der Waals surface area contributed by atoms with E-state index in [0.717, 1.165) is 26.2 Å². The van der Waals surface area contributed by atoms with Crippen molar-refractivity contribution in [2.75, 3.05) is 26.2 Å². The molecule has 10 heavy (non-hydrogen) atoms. The molecule has 3 nitrogen and oxygen atoms in total. The molecular formula is C7H14N2O.